The zero-order valence-electron chi connectivity index (χ0n) is 11.0. The zero-order chi connectivity index (χ0) is 14.5. The lowest BCUT2D eigenvalue weighted by atomic mass is 10.1. The van der Waals surface area contributed by atoms with Crippen LogP contribution in [0.3, 0.4) is 0 Å². The fraction of sp³-hybridized carbons (Fsp3) is 0.133. The lowest BCUT2D eigenvalue weighted by molar-refractivity contribution is 0.306. The third kappa shape index (κ3) is 3.42. The Kier molecular flexibility index (Phi) is 4.48. The second-order valence-electron chi connectivity index (χ2n) is 4.41. The molecule has 0 atom stereocenters. The van der Waals surface area contributed by atoms with E-state index < -0.39 is 0 Å². The Morgan fingerprint density at radius 3 is 2.85 bits per heavy atom. The van der Waals surface area contributed by atoms with Crippen LogP contribution in [0.15, 0.2) is 47.6 Å². The lowest BCUT2D eigenvalue weighted by Gasteiger charge is -2.09. The Labute approximate surface area is 122 Å². The monoisotopic (exact) mass is 290 g/mol. The topological polar surface area (TPSA) is 67.8 Å². The van der Waals surface area contributed by atoms with Gasteiger partial charge in [0.1, 0.15) is 12.4 Å². The molecule has 4 nitrogen and oxygen atoms in total. The molecule has 0 aliphatic carbocycles. The molecule has 0 amide bonds. The third-order valence-electron chi connectivity index (χ3n) is 2.81. The van der Waals surface area contributed by atoms with Crippen molar-refractivity contribution in [3.05, 3.63) is 64.2 Å². The van der Waals surface area contributed by atoms with E-state index in [1.54, 1.807) is 18.2 Å². The number of hydrogen-bond donors (Lipinski definition) is 2. The first-order valence-corrected chi connectivity index (χ1v) is 6.43. The van der Waals surface area contributed by atoms with Gasteiger partial charge in [-0.15, -0.1) is 0 Å². The molecule has 0 fully saturated rings. The number of oxime groups is 1. The molecule has 2 aromatic rings. The van der Waals surface area contributed by atoms with Crippen molar-refractivity contribution in [3.63, 3.8) is 0 Å². The number of benzene rings is 2. The molecule has 0 saturated heterocycles. The summed E-state index contributed by atoms with van der Waals surface area (Å²) in [6.07, 6.45) is 0. The number of nitrogens with zero attached hydrogens (tertiary/aromatic N) is 1. The van der Waals surface area contributed by atoms with Gasteiger partial charge in [0.25, 0.3) is 0 Å². The van der Waals surface area contributed by atoms with Crippen LogP contribution < -0.4 is 10.5 Å². The summed E-state index contributed by atoms with van der Waals surface area (Å²) >= 11 is 6.07. The van der Waals surface area contributed by atoms with E-state index in [9.17, 15) is 0 Å². The van der Waals surface area contributed by atoms with Crippen molar-refractivity contribution in [2.24, 2.45) is 10.9 Å². The summed E-state index contributed by atoms with van der Waals surface area (Å²) in [5.74, 6) is 0.710. The van der Waals surface area contributed by atoms with E-state index in [0.717, 1.165) is 11.1 Å². The number of hydrogen-bond acceptors (Lipinski definition) is 3. The van der Waals surface area contributed by atoms with Crippen molar-refractivity contribution in [2.75, 3.05) is 0 Å². The minimum absolute atomic E-state index is 0.0698. The molecule has 3 N–H and O–H groups in total. The molecule has 0 aliphatic heterocycles. The second-order valence-corrected chi connectivity index (χ2v) is 4.82. The van der Waals surface area contributed by atoms with Crippen LogP contribution in [0.1, 0.15) is 16.7 Å². The Hall–Kier alpha value is -2.20. The molecule has 0 spiro atoms. The molecule has 2 rings (SSSR count). The molecule has 104 valence electrons. The highest BCUT2D eigenvalue weighted by atomic mass is 35.5. The molecule has 0 radical (unpaired) electrons. The predicted molar refractivity (Wildman–Crippen MR) is 79.5 cm³/mol. The molecular formula is C15H15ClN2O2. The van der Waals surface area contributed by atoms with Crippen LogP contribution in [-0.2, 0) is 6.61 Å². The molecule has 2 aromatic carbocycles. The molecular weight excluding hydrogens is 276 g/mol. The molecule has 0 aliphatic rings. The minimum atomic E-state index is 0.0698. The molecule has 0 saturated carbocycles. The van der Waals surface area contributed by atoms with Crippen LogP contribution in [0.5, 0.6) is 5.75 Å². The first kappa shape index (κ1) is 14.2. The summed E-state index contributed by atoms with van der Waals surface area (Å²) in [5.41, 5.74) is 8.18. The molecule has 0 bridgehead atoms. The van der Waals surface area contributed by atoms with Gasteiger partial charge >= 0.3 is 0 Å². The van der Waals surface area contributed by atoms with Gasteiger partial charge < -0.3 is 15.7 Å². The van der Waals surface area contributed by atoms with Gasteiger partial charge in [0.2, 0.25) is 0 Å². The van der Waals surface area contributed by atoms with Crippen molar-refractivity contribution < 1.29 is 9.94 Å². The molecule has 5 heteroatoms. The number of aryl methyl sites for hydroxylation is 1. The highest BCUT2D eigenvalue weighted by molar-refractivity contribution is 6.32. The van der Waals surface area contributed by atoms with Gasteiger partial charge in [-0.3, -0.25) is 0 Å². The fourth-order valence-corrected chi connectivity index (χ4v) is 1.93. The van der Waals surface area contributed by atoms with Gasteiger partial charge in [0.05, 0.1) is 5.02 Å². The van der Waals surface area contributed by atoms with Crippen molar-refractivity contribution in [1.82, 2.24) is 0 Å². The average Bonchev–Trinajstić information content (AvgIpc) is 2.47. The van der Waals surface area contributed by atoms with E-state index >= 15 is 0 Å². The van der Waals surface area contributed by atoms with E-state index in [1.807, 2.05) is 31.2 Å². The van der Waals surface area contributed by atoms with Crippen molar-refractivity contribution in [1.29, 1.82) is 0 Å². The maximum Gasteiger partial charge on any atom is 0.170 e. The molecule has 0 aromatic heterocycles. The smallest absolute Gasteiger partial charge is 0.170 e. The SMILES string of the molecule is Cc1ccc(Cl)c(OCc2cccc(/C(N)=N/O)c2)c1. The Balaban J connectivity index is 2.13. The number of ether oxygens (including phenoxy) is 1. The van der Waals surface area contributed by atoms with E-state index in [4.69, 9.17) is 27.3 Å². The third-order valence-corrected chi connectivity index (χ3v) is 3.12. The number of halogens is 1. The van der Waals surface area contributed by atoms with Crippen molar-refractivity contribution >= 4 is 17.4 Å². The van der Waals surface area contributed by atoms with Crippen molar-refractivity contribution in [3.8, 4) is 5.75 Å². The number of rotatable bonds is 4. The quantitative estimate of drug-likeness (QED) is 0.393. The van der Waals surface area contributed by atoms with Crippen LogP contribution in [-0.4, -0.2) is 11.0 Å². The largest absolute Gasteiger partial charge is 0.487 e. The van der Waals surface area contributed by atoms with Crippen LogP contribution in [0, 0.1) is 6.92 Å². The highest BCUT2D eigenvalue weighted by Crippen LogP contribution is 2.26. The van der Waals surface area contributed by atoms with E-state index in [0.29, 0.717) is 22.9 Å². The van der Waals surface area contributed by atoms with Gasteiger partial charge in [-0.1, -0.05) is 41.0 Å². The summed E-state index contributed by atoms with van der Waals surface area (Å²) < 4.78 is 5.70. The van der Waals surface area contributed by atoms with Crippen LogP contribution in [0.4, 0.5) is 0 Å². The molecule has 0 heterocycles. The van der Waals surface area contributed by atoms with Gasteiger partial charge in [-0.25, -0.2) is 0 Å². The predicted octanol–water partition coefficient (Wildman–Crippen LogP) is 3.32. The number of amidine groups is 1. The minimum Gasteiger partial charge on any atom is -0.487 e. The van der Waals surface area contributed by atoms with E-state index in [2.05, 4.69) is 5.16 Å². The Morgan fingerprint density at radius 1 is 1.30 bits per heavy atom. The first-order chi connectivity index (χ1) is 9.60. The second kappa shape index (κ2) is 6.30. The first-order valence-electron chi connectivity index (χ1n) is 6.06. The Bertz CT molecular complexity index is 642. The highest BCUT2D eigenvalue weighted by Gasteiger charge is 2.04. The van der Waals surface area contributed by atoms with Gasteiger partial charge in [0, 0.05) is 5.56 Å². The summed E-state index contributed by atoms with van der Waals surface area (Å²) in [6.45, 7) is 2.33. The normalized spacial score (nSPS) is 11.4. The summed E-state index contributed by atoms with van der Waals surface area (Å²) in [4.78, 5) is 0. The molecule has 0 unspecified atom stereocenters. The summed E-state index contributed by atoms with van der Waals surface area (Å²) in [7, 11) is 0. The lowest BCUT2D eigenvalue weighted by Crippen LogP contribution is -2.13. The van der Waals surface area contributed by atoms with E-state index in [-0.39, 0.29) is 5.84 Å². The van der Waals surface area contributed by atoms with Crippen molar-refractivity contribution in [2.45, 2.75) is 13.5 Å². The average molecular weight is 291 g/mol. The summed E-state index contributed by atoms with van der Waals surface area (Å²) in [5, 5.41) is 12.2. The molecule has 20 heavy (non-hydrogen) atoms. The van der Waals surface area contributed by atoms with Gasteiger partial charge in [-0.05, 0) is 36.2 Å². The van der Waals surface area contributed by atoms with Crippen LogP contribution in [0.2, 0.25) is 5.02 Å². The zero-order valence-corrected chi connectivity index (χ0v) is 11.8. The Morgan fingerprint density at radius 2 is 2.10 bits per heavy atom. The van der Waals surface area contributed by atoms with Gasteiger partial charge in [-0.2, -0.15) is 0 Å². The standard InChI is InChI=1S/C15H15ClN2O2/c1-10-5-6-13(16)14(7-10)20-9-11-3-2-4-12(8-11)15(17)18-19/h2-8,19H,9H2,1H3,(H2,17,18). The number of nitrogens with two attached hydrogens (primary N) is 1. The van der Waals surface area contributed by atoms with Crippen LogP contribution in [0.25, 0.3) is 0 Å². The van der Waals surface area contributed by atoms with Crippen LogP contribution >= 0.6 is 11.6 Å². The van der Waals surface area contributed by atoms with Gasteiger partial charge in [0.15, 0.2) is 5.84 Å². The van der Waals surface area contributed by atoms with E-state index in [1.165, 1.54) is 0 Å². The summed E-state index contributed by atoms with van der Waals surface area (Å²) in [6, 6.07) is 12.9. The maximum atomic E-state index is 8.67. The maximum absolute atomic E-state index is 8.67. The fourth-order valence-electron chi connectivity index (χ4n) is 1.76.